The Labute approximate surface area is 83.4 Å². The molecule has 0 aliphatic rings. The SMILES string of the molecule is Cc1ccc(C(C)NCC#N)cc1F. The molecule has 0 saturated heterocycles. The largest absolute Gasteiger partial charge is 0.298 e. The maximum atomic E-state index is 13.2. The minimum Gasteiger partial charge on any atom is -0.298 e. The number of nitrogens with zero attached hydrogens (tertiary/aromatic N) is 1. The Hall–Kier alpha value is -1.40. The van der Waals surface area contributed by atoms with Crippen LogP contribution in [0.2, 0.25) is 0 Å². The van der Waals surface area contributed by atoms with Gasteiger partial charge in [0.2, 0.25) is 0 Å². The van der Waals surface area contributed by atoms with Crippen LogP contribution in [0, 0.1) is 24.1 Å². The van der Waals surface area contributed by atoms with Crippen molar-refractivity contribution in [3.63, 3.8) is 0 Å². The number of halogens is 1. The van der Waals surface area contributed by atoms with E-state index in [2.05, 4.69) is 5.32 Å². The minimum atomic E-state index is -0.201. The lowest BCUT2D eigenvalue weighted by Crippen LogP contribution is -2.18. The fourth-order valence-electron chi connectivity index (χ4n) is 1.20. The molecule has 1 aromatic rings. The van der Waals surface area contributed by atoms with Gasteiger partial charge in [0.05, 0.1) is 12.6 Å². The molecule has 1 atom stereocenters. The molecule has 0 aromatic heterocycles. The normalized spacial score (nSPS) is 12.1. The van der Waals surface area contributed by atoms with E-state index < -0.39 is 0 Å². The molecule has 14 heavy (non-hydrogen) atoms. The number of benzene rings is 1. The van der Waals surface area contributed by atoms with E-state index in [-0.39, 0.29) is 18.4 Å². The first-order valence-electron chi connectivity index (χ1n) is 4.51. The molecule has 2 nitrogen and oxygen atoms in total. The number of aryl methyl sites for hydroxylation is 1. The molecule has 0 radical (unpaired) electrons. The standard InChI is InChI=1S/C11H13FN2/c1-8-3-4-10(7-11(8)12)9(2)14-6-5-13/h3-4,7,9,14H,6H2,1-2H3. The second kappa shape index (κ2) is 4.73. The highest BCUT2D eigenvalue weighted by Gasteiger charge is 2.06. The summed E-state index contributed by atoms with van der Waals surface area (Å²) in [5.74, 6) is -0.201. The summed E-state index contributed by atoms with van der Waals surface area (Å²) in [5, 5.41) is 11.3. The van der Waals surface area contributed by atoms with Gasteiger partial charge < -0.3 is 0 Å². The zero-order chi connectivity index (χ0) is 10.6. The Morgan fingerprint density at radius 2 is 2.29 bits per heavy atom. The van der Waals surface area contributed by atoms with E-state index in [1.807, 2.05) is 19.1 Å². The van der Waals surface area contributed by atoms with E-state index in [4.69, 9.17) is 5.26 Å². The van der Waals surface area contributed by atoms with Crippen LogP contribution in [0.5, 0.6) is 0 Å². The predicted molar refractivity (Wildman–Crippen MR) is 53.2 cm³/mol. The molecule has 0 aliphatic carbocycles. The summed E-state index contributed by atoms with van der Waals surface area (Å²) in [6.45, 7) is 3.91. The van der Waals surface area contributed by atoms with Gasteiger partial charge in [-0.1, -0.05) is 12.1 Å². The lowest BCUT2D eigenvalue weighted by atomic mass is 10.1. The van der Waals surface area contributed by atoms with Crippen molar-refractivity contribution >= 4 is 0 Å². The highest BCUT2D eigenvalue weighted by molar-refractivity contribution is 5.25. The number of rotatable bonds is 3. The van der Waals surface area contributed by atoms with E-state index in [1.165, 1.54) is 6.07 Å². The van der Waals surface area contributed by atoms with Gasteiger partial charge in [0.25, 0.3) is 0 Å². The molecule has 1 aromatic carbocycles. The van der Waals surface area contributed by atoms with E-state index in [0.717, 1.165) is 5.56 Å². The Morgan fingerprint density at radius 3 is 2.86 bits per heavy atom. The van der Waals surface area contributed by atoms with Gasteiger partial charge in [0, 0.05) is 6.04 Å². The summed E-state index contributed by atoms with van der Waals surface area (Å²) < 4.78 is 13.2. The summed E-state index contributed by atoms with van der Waals surface area (Å²) in [6.07, 6.45) is 0. The third-order valence-corrected chi connectivity index (χ3v) is 2.18. The van der Waals surface area contributed by atoms with Crippen molar-refractivity contribution in [3.05, 3.63) is 35.1 Å². The van der Waals surface area contributed by atoms with Crippen LogP contribution < -0.4 is 5.32 Å². The average Bonchev–Trinajstić information content (AvgIpc) is 2.18. The first kappa shape index (κ1) is 10.7. The Balaban J connectivity index is 2.76. The number of nitriles is 1. The van der Waals surface area contributed by atoms with E-state index in [1.54, 1.807) is 13.0 Å². The molecule has 1 unspecified atom stereocenters. The Kier molecular flexibility index (Phi) is 3.61. The molecule has 0 fully saturated rings. The zero-order valence-electron chi connectivity index (χ0n) is 8.34. The molecule has 0 saturated carbocycles. The van der Waals surface area contributed by atoms with Crippen LogP contribution in [0.1, 0.15) is 24.1 Å². The first-order valence-corrected chi connectivity index (χ1v) is 4.51. The van der Waals surface area contributed by atoms with Gasteiger partial charge in [-0.15, -0.1) is 0 Å². The predicted octanol–water partition coefficient (Wildman–Crippen LogP) is 2.31. The van der Waals surface area contributed by atoms with Crippen molar-refractivity contribution in [2.75, 3.05) is 6.54 Å². The monoisotopic (exact) mass is 192 g/mol. The molecule has 1 rings (SSSR count). The first-order chi connectivity index (χ1) is 6.65. The lowest BCUT2D eigenvalue weighted by Gasteiger charge is -2.12. The van der Waals surface area contributed by atoms with Crippen molar-refractivity contribution in [2.45, 2.75) is 19.9 Å². The zero-order valence-corrected chi connectivity index (χ0v) is 8.34. The summed E-state index contributed by atoms with van der Waals surface area (Å²) in [6, 6.07) is 7.11. The molecular weight excluding hydrogens is 179 g/mol. The lowest BCUT2D eigenvalue weighted by molar-refractivity contribution is 0.592. The van der Waals surface area contributed by atoms with Crippen LogP contribution in [0.25, 0.3) is 0 Å². The van der Waals surface area contributed by atoms with Crippen molar-refractivity contribution < 1.29 is 4.39 Å². The van der Waals surface area contributed by atoms with E-state index in [9.17, 15) is 4.39 Å². The van der Waals surface area contributed by atoms with Gasteiger partial charge in [-0.25, -0.2) is 4.39 Å². The third kappa shape index (κ3) is 2.54. The fraction of sp³-hybridized carbons (Fsp3) is 0.364. The van der Waals surface area contributed by atoms with Gasteiger partial charge in [0.15, 0.2) is 0 Å². The molecule has 1 N–H and O–H groups in total. The van der Waals surface area contributed by atoms with Crippen molar-refractivity contribution in [1.82, 2.24) is 5.32 Å². The van der Waals surface area contributed by atoms with Crippen molar-refractivity contribution in [3.8, 4) is 6.07 Å². The third-order valence-electron chi connectivity index (χ3n) is 2.18. The molecule has 3 heteroatoms. The average molecular weight is 192 g/mol. The van der Waals surface area contributed by atoms with Gasteiger partial charge >= 0.3 is 0 Å². The molecule has 0 spiro atoms. The Morgan fingerprint density at radius 1 is 1.57 bits per heavy atom. The van der Waals surface area contributed by atoms with E-state index in [0.29, 0.717) is 5.56 Å². The maximum Gasteiger partial charge on any atom is 0.126 e. The topological polar surface area (TPSA) is 35.8 Å². The molecule has 0 aliphatic heterocycles. The molecule has 74 valence electrons. The summed E-state index contributed by atoms with van der Waals surface area (Å²) >= 11 is 0. The van der Waals surface area contributed by atoms with Crippen LogP contribution in [-0.4, -0.2) is 6.54 Å². The Bertz CT molecular complexity index is 355. The fourth-order valence-corrected chi connectivity index (χ4v) is 1.20. The van der Waals surface area contributed by atoms with Gasteiger partial charge in [0.1, 0.15) is 5.82 Å². The quantitative estimate of drug-likeness (QED) is 0.746. The van der Waals surface area contributed by atoms with Crippen LogP contribution in [0.4, 0.5) is 4.39 Å². The van der Waals surface area contributed by atoms with Gasteiger partial charge in [-0.05, 0) is 31.0 Å². The maximum absolute atomic E-state index is 13.2. The molecule has 0 amide bonds. The van der Waals surface area contributed by atoms with E-state index >= 15 is 0 Å². The second-order valence-electron chi connectivity index (χ2n) is 3.27. The van der Waals surface area contributed by atoms with Crippen LogP contribution in [0.3, 0.4) is 0 Å². The molecular formula is C11H13FN2. The highest BCUT2D eigenvalue weighted by Crippen LogP contribution is 2.15. The number of hydrogen-bond acceptors (Lipinski definition) is 2. The second-order valence-corrected chi connectivity index (χ2v) is 3.27. The minimum absolute atomic E-state index is 0.00440. The van der Waals surface area contributed by atoms with Gasteiger partial charge in [-0.3, -0.25) is 5.32 Å². The summed E-state index contributed by atoms with van der Waals surface area (Å²) in [5.41, 5.74) is 1.50. The van der Waals surface area contributed by atoms with Crippen molar-refractivity contribution in [2.24, 2.45) is 0 Å². The summed E-state index contributed by atoms with van der Waals surface area (Å²) in [4.78, 5) is 0. The molecule has 0 heterocycles. The summed E-state index contributed by atoms with van der Waals surface area (Å²) in [7, 11) is 0. The van der Waals surface area contributed by atoms with Crippen molar-refractivity contribution in [1.29, 1.82) is 5.26 Å². The van der Waals surface area contributed by atoms with Crippen LogP contribution >= 0.6 is 0 Å². The molecule has 0 bridgehead atoms. The van der Waals surface area contributed by atoms with Gasteiger partial charge in [-0.2, -0.15) is 5.26 Å². The number of hydrogen-bond donors (Lipinski definition) is 1. The van der Waals surface area contributed by atoms with Crippen LogP contribution in [0.15, 0.2) is 18.2 Å². The smallest absolute Gasteiger partial charge is 0.126 e. The highest BCUT2D eigenvalue weighted by atomic mass is 19.1. The van der Waals surface area contributed by atoms with Crippen LogP contribution in [-0.2, 0) is 0 Å². The number of nitrogens with one attached hydrogen (secondary N) is 1.